The Morgan fingerprint density at radius 2 is 2.12 bits per heavy atom. The highest BCUT2D eigenvalue weighted by molar-refractivity contribution is 5.41. The molecule has 0 spiro atoms. The Kier molecular flexibility index (Phi) is 5.62. The second-order valence-corrected chi connectivity index (χ2v) is 6.48. The van der Waals surface area contributed by atoms with E-state index in [1.807, 2.05) is 25.2 Å². The summed E-state index contributed by atoms with van der Waals surface area (Å²) in [5.74, 6) is 1.40. The van der Waals surface area contributed by atoms with Gasteiger partial charge in [0.1, 0.15) is 12.1 Å². The number of anilines is 1. The first-order valence-electron chi connectivity index (χ1n) is 8.61. The van der Waals surface area contributed by atoms with Crippen molar-refractivity contribution in [2.75, 3.05) is 32.1 Å². The van der Waals surface area contributed by atoms with E-state index in [1.54, 1.807) is 19.2 Å². The predicted molar refractivity (Wildman–Crippen MR) is 98.4 cm³/mol. The highest BCUT2D eigenvalue weighted by Gasteiger charge is 2.24. The molecular weight excluding hydrogens is 334 g/mol. The second kappa shape index (κ2) is 8.09. The number of likely N-dealkylation sites (tertiary alicyclic amines) is 1. The zero-order chi connectivity index (χ0) is 18.5. The summed E-state index contributed by atoms with van der Waals surface area (Å²) in [5.41, 5.74) is 1.21. The lowest BCUT2D eigenvalue weighted by Crippen LogP contribution is -2.46. The number of hydrogen-bond donors (Lipinski definition) is 0. The van der Waals surface area contributed by atoms with Crippen LogP contribution in [0, 0.1) is 10.1 Å². The number of non-ortho nitro benzene ring substituents is 1. The SMILES string of the molecule is COc1cc(N(C)C2CCCN(Cc3ccc([N+](=O)[O-])cc3)C2)ncn1. The van der Waals surface area contributed by atoms with E-state index in [2.05, 4.69) is 19.8 Å². The van der Waals surface area contributed by atoms with Gasteiger partial charge < -0.3 is 9.64 Å². The van der Waals surface area contributed by atoms with Crippen molar-refractivity contribution in [3.05, 3.63) is 52.3 Å². The molecule has 8 nitrogen and oxygen atoms in total. The van der Waals surface area contributed by atoms with Crippen LogP contribution < -0.4 is 9.64 Å². The molecule has 1 atom stereocenters. The molecule has 0 amide bonds. The molecule has 1 unspecified atom stereocenters. The molecule has 2 aromatic rings. The van der Waals surface area contributed by atoms with Crippen molar-refractivity contribution in [3.63, 3.8) is 0 Å². The Morgan fingerprint density at radius 3 is 2.81 bits per heavy atom. The summed E-state index contributed by atoms with van der Waals surface area (Å²) in [5, 5.41) is 10.8. The molecule has 1 aliphatic heterocycles. The average molecular weight is 357 g/mol. The summed E-state index contributed by atoms with van der Waals surface area (Å²) in [6.07, 6.45) is 3.71. The highest BCUT2D eigenvalue weighted by Crippen LogP contribution is 2.23. The number of benzene rings is 1. The Labute approximate surface area is 152 Å². The normalized spacial score (nSPS) is 17.7. The second-order valence-electron chi connectivity index (χ2n) is 6.48. The minimum Gasteiger partial charge on any atom is -0.481 e. The van der Waals surface area contributed by atoms with Crippen LogP contribution in [0.3, 0.4) is 0 Å². The summed E-state index contributed by atoms with van der Waals surface area (Å²) in [7, 11) is 3.64. The van der Waals surface area contributed by atoms with E-state index in [0.29, 0.717) is 11.9 Å². The van der Waals surface area contributed by atoms with Gasteiger partial charge in [-0.3, -0.25) is 15.0 Å². The first-order valence-corrected chi connectivity index (χ1v) is 8.61. The molecule has 3 rings (SSSR count). The van der Waals surface area contributed by atoms with Crippen molar-refractivity contribution in [3.8, 4) is 5.88 Å². The highest BCUT2D eigenvalue weighted by atomic mass is 16.6. The van der Waals surface area contributed by atoms with Gasteiger partial charge in [-0.1, -0.05) is 12.1 Å². The molecule has 0 N–H and O–H groups in total. The largest absolute Gasteiger partial charge is 0.481 e. The summed E-state index contributed by atoms with van der Waals surface area (Å²) in [4.78, 5) is 23.4. The standard InChI is InChI=1S/C18H23N5O3/c1-21(17-10-18(26-2)20-13-19-17)16-4-3-9-22(12-16)11-14-5-7-15(8-6-14)23(24)25/h5-8,10,13,16H,3-4,9,11-12H2,1-2H3. The van der Waals surface area contributed by atoms with Gasteiger partial charge in [0.25, 0.3) is 5.69 Å². The van der Waals surface area contributed by atoms with Gasteiger partial charge in [0.15, 0.2) is 0 Å². The predicted octanol–water partition coefficient (Wildman–Crippen LogP) is 2.49. The molecular formula is C18H23N5O3. The molecule has 0 saturated carbocycles. The molecule has 8 heteroatoms. The summed E-state index contributed by atoms with van der Waals surface area (Å²) < 4.78 is 5.18. The lowest BCUT2D eigenvalue weighted by atomic mass is 10.0. The van der Waals surface area contributed by atoms with Crippen LogP contribution in [0.25, 0.3) is 0 Å². The van der Waals surface area contributed by atoms with Gasteiger partial charge in [0.2, 0.25) is 5.88 Å². The Balaban J connectivity index is 1.63. The maximum atomic E-state index is 10.8. The molecule has 26 heavy (non-hydrogen) atoms. The number of ether oxygens (including phenoxy) is 1. The summed E-state index contributed by atoms with van der Waals surface area (Å²) in [6.45, 7) is 2.73. The zero-order valence-corrected chi connectivity index (χ0v) is 15.0. The number of nitro benzene ring substituents is 1. The van der Waals surface area contributed by atoms with E-state index in [1.165, 1.54) is 6.33 Å². The van der Waals surface area contributed by atoms with E-state index < -0.39 is 0 Å². The van der Waals surface area contributed by atoms with Crippen molar-refractivity contribution in [2.24, 2.45) is 0 Å². The van der Waals surface area contributed by atoms with Crippen LogP contribution in [-0.2, 0) is 6.54 Å². The van der Waals surface area contributed by atoms with Crippen LogP contribution in [0.5, 0.6) is 5.88 Å². The van der Waals surface area contributed by atoms with E-state index in [-0.39, 0.29) is 10.6 Å². The summed E-state index contributed by atoms with van der Waals surface area (Å²) in [6, 6.07) is 8.99. The smallest absolute Gasteiger partial charge is 0.269 e. The fourth-order valence-electron chi connectivity index (χ4n) is 3.29. The lowest BCUT2D eigenvalue weighted by molar-refractivity contribution is -0.384. The number of methoxy groups -OCH3 is 1. The van der Waals surface area contributed by atoms with Gasteiger partial charge in [-0.05, 0) is 24.9 Å². The van der Waals surface area contributed by atoms with Gasteiger partial charge in [-0.25, -0.2) is 9.97 Å². The van der Waals surface area contributed by atoms with Crippen LogP contribution in [0.1, 0.15) is 18.4 Å². The minimum absolute atomic E-state index is 0.128. The van der Waals surface area contributed by atoms with Crippen molar-refractivity contribution in [2.45, 2.75) is 25.4 Å². The topological polar surface area (TPSA) is 84.6 Å². The van der Waals surface area contributed by atoms with Gasteiger partial charge in [-0.15, -0.1) is 0 Å². The monoisotopic (exact) mass is 357 g/mol. The maximum absolute atomic E-state index is 10.8. The maximum Gasteiger partial charge on any atom is 0.269 e. The molecule has 0 radical (unpaired) electrons. The number of aromatic nitrogens is 2. The van der Waals surface area contributed by atoms with E-state index in [9.17, 15) is 10.1 Å². The van der Waals surface area contributed by atoms with Gasteiger partial charge in [-0.2, -0.15) is 0 Å². The first kappa shape index (κ1) is 18.1. The molecule has 0 bridgehead atoms. The van der Waals surface area contributed by atoms with Crippen LogP contribution in [-0.4, -0.2) is 53.1 Å². The molecule has 2 heterocycles. The number of piperidine rings is 1. The molecule has 138 valence electrons. The van der Waals surface area contributed by atoms with Crippen LogP contribution in [0.2, 0.25) is 0 Å². The van der Waals surface area contributed by atoms with Crippen LogP contribution in [0.15, 0.2) is 36.7 Å². The van der Waals surface area contributed by atoms with Gasteiger partial charge in [0, 0.05) is 44.4 Å². The lowest BCUT2D eigenvalue weighted by Gasteiger charge is -2.38. The fourth-order valence-corrected chi connectivity index (χ4v) is 3.29. The number of likely N-dealkylation sites (N-methyl/N-ethyl adjacent to an activating group) is 1. The Bertz CT molecular complexity index is 753. The molecule has 1 fully saturated rings. The number of nitro groups is 1. The average Bonchev–Trinajstić information content (AvgIpc) is 2.68. The van der Waals surface area contributed by atoms with E-state index in [0.717, 1.165) is 43.9 Å². The number of rotatable bonds is 6. The van der Waals surface area contributed by atoms with E-state index >= 15 is 0 Å². The minimum atomic E-state index is -0.369. The zero-order valence-electron chi connectivity index (χ0n) is 15.0. The van der Waals surface area contributed by atoms with E-state index in [4.69, 9.17) is 4.74 Å². The van der Waals surface area contributed by atoms with Crippen molar-refractivity contribution in [1.29, 1.82) is 0 Å². The van der Waals surface area contributed by atoms with Crippen molar-refractivity contribution >= 4 is 11.5 Å². The number of hydrogen-bond acceptors (Lipinski definition) is 7. The van der Waals surface area contributed by atoms with Crippen molar-refractivity contribution in [1.82, 2.24) is 14.9 Å². The van der Waals surface area contributed by atoms with Crippen molar-refractivity contribution < 1.29 is 9.66 Å². The molecule has 0 aliphatic carbocycles. The third-order valence-electron chi connectivity index (χ3n) is 4.78. The number of nitrogens with zero attached hydrogens (tertiary/aromatic N) is 5. The first-order chi connectivity index (χ1) is 12.6. The molecule has 1 saturated heterocycles. The third kappa shape index (κ3) is 4.26. The Hall–Kier alpha value is -2.74. The molecule has 1 aromatic carbocycles. The van der Waals surface area contributed by atoms with Crippen LogP contribution in [0.4, 0.5) is 11.5 Å². The third-order valence-corrected chi connectivity index (χ3v) is 4.78. The fraction of sp³-hybridized carbons (Fsp3) is 0.444. The van der Waals surface area contributed by atoms with Crippen LogP contribution >= 0.6 is 0 Å². The molecule has 1 aliphatic rings. The quantitative estimate of drug-likeness (QED) is 0.580. The van der Waals surface area contributed by atoms with Gasteiger partial charge in [0.05, 0.1) is 12.0 Å². The van der Waals surface area contributed by atoms with Gasteiger partial charge >= 0.3 is 0 Å². The Morgan fingerprint density at radius 1 is 1.35 bits per heavy atom. The molecule has 1 aromatic heterocycles. The summed E-state index contributed by atoms with van der Waals surface area (Å²) >= 11 is 0.